The zero-order valence-corrected chi connectivity index (χ0v) is 35.3. The topological polar surface area (TPSA) is 223 Å². The lowest BCUT2D eigenvalue weighted by Crippen LogP contribution is -2.46. The Bertz CT molecular complexity index is 2260. The molecular formula is C45H54N2O13. The van der Waals surface area contributed by atoms with Gasteiger partial charge in [0.05, 0.1) is 59.6 Å². The maximum Gasteiger partial charge on any atom is 0.312 e. The van der Waals surface area contributed by atoms with Crippen LogP contribution in [0, 0.1) is 30.6 Å². The zero-order valence-electron chi connectivity index (χ0n) is 35.3. The Labute approximate surface area is 348 Å². The van der Waals surface area contributed by atoms with E-state index in [9.17, 15) is 39.9 Å². The summed E-state index contributed by atoms with van der Waals surface area (Å²) in [5, 5.41) is 60.4. The smallest absolute Gasteiger partial charge is 0.312 e. The van der Waals surface area contributed by atoms with Crippen LogP contribution in [0.5, 0.6) is 28.7 Å². The van der Waals surface area contributed by atoms with Gasteiger partial charge in [0.15, 0.2) is 5.75 Å². The van der Waals surface area contributed by atoms with Crippen LogP contribution in [0.1, 0.15) is 70.0 Å². The second kappa shape index (κ2) is 18.2. The quantitative estimate of drug-likeness (QED) is 0.0699. The van der Waals surface area contributed by atoms with E-state index in [0.717, 1.165) is 0 Å². The summed E-state index contributed by atoms with van der Waals surface area (Å²) >= 11 is 0. The first-order valence-electron chi connectivity index (χ1n) is 19.5. The first-order chi connectivity index (χ1) is 28.3. The molecule has 322 valence electrons. The van der Waals surface area contributed by atoms with Crippen LogP contribution < -0.4 is 14.8 Å². The molecule has 3 aromatic carbocycles. The summed E-state index contributed by atoms with van der Waals surface area (Å²) in [6, 6.07) is 6.60. The van der Waals surface area contributed by atoms with Crippen molar-refractivity contribution in [3.63, 3.8) is 0 Å². The van der Waals surface area contributed by atoms with Gasteiger partial charge in [0.1, 0.15) is 29.1 Å². The molecule has 3 aliphatic heterocycles. The second-order valence-corrected chi connectivity index (χ2v) is 15.6. The van der Waals surface area contributed by atoms with E-state index in [0.29, 0.717) is 11.4 Å². The highest BCUT2D eigenvalue weighted by atomic mass is 16.7. The van der Waals surface area contributed by atoms with Gasteiger partial charge in [0.2, 0.25) is 0 Å². The molecule has 3 aromatic rings. The highest BCUT2D eigenvalue weighted by molar-refractivity contribution is 6.24. The fourth-order valence-electron chi connectivity index (χ4n) is 7.68. The number of Topliss-reactive ketones (excluding diaryl/α,β-unsaturated/α-hetero) is 1. The number of hydrogen-bond donors (Lipinski definition) is 6. The third kappa shape index (κ3) is 8.69. The Morgan fingerprint density at radius 3 is 2.18 bits per heavy atom. The Balaban J connectivity index is 1.73. The largest absolute Gasteiger partial charge is 0.507 e. The highest BCUT2D eigenvalue weighted by Crippen LogP contribution is 2.55. The number of carbonyl (C=O) groups is 3. The number of rotatable bonds is 5. The number of methoxy groups -OCH3 is 2. The van der Waals surface area contributed by atoms with Crippen molar-refractivity contribution in [1.82, 2.24) is 0 Å². The van der Waals surface area contributed by atoms with Crippen molar-refractivity contribution in [3.8, 4) is 28.7 Å². The van der Waals surface area contributed by atoms with Crippen molar-refractivity contribution >= 4 is 46.0 Å². The van der Waals surface area contributed by atoms with Crippen molar-refractivity contribution < 1.29 is 63.6 Å². The molecule has 0 aromatic heterocycles. The molecule has 1 amide bonds. The molecule has 0 saturated heterocycles. The number of ketones is 1. The number of nitrogens with zero attached hydrogens (tertiary/aromatic N) is 1. The Hall–Kier alpha value is -5.90. The number of aliphatic hydroxyl groups is 2. The number of esters is 1. The van der Waals surface area contributed by atoms with Gasteiger partial charge < -0.3 is 54.5 Å². The third-order valence-corrected chi connectivity index (χ3v) is 11.4. The molecule has 6 rings (SSSR count). The molecule has 5 bridgehead atoms. The lowest BCUT2D eigenvalue weighted by atomic mass is 9.78. The Morgan fingerprint density at radius 1 is 0.900 bits per heavy atom. The van der Waals surface area contributed by atoms with Crippen LogP contribution in [0.4, 0.5) is 11.4 Å². The van der Waals surface area contributed by atoms with Gasteiger partial charge in [-0.25, -0.2) is 0 Å². The van der Waals surface area contributed by atoms with Crippen molar-refractivity contribution in [3.05, 3.63) is 77.1 Å². The van der Waals surface area contributed by atoms with Gasteiger partial charge in [-0.1, -0.05) is 45.9 Å². The second-order valence-electron chi connectivity index (χ2n) is 15.6. The van der Waals surface area contributed by atoms with E-state index in [1.807, 2.05) is 0 Å². The van der Waals surface area contributed by atoms with E-state index in [4.69, 9.17) is 23.7 Å². The van der Waals surface area contributed by atoms with Crippen LogP contribution in [0.3, 0.4) is 0 Å². The van der Waals surface area contributed by atoms with Gasteiger partial charge in [0.25, 0.3) is 11.7 Å². The number of aromatic hydroxyl groups is 3. The number of aliphatic imine (C=N–C) groups is 1. The minimum absolute atomic E-state index is 0.0335. The average molecular weight is 831 g/mol. The summed E-state index contributed by atoms with van der Waals surface area (Å²) in [6.45, 7) is 12.4. The fraction of sp³-hybridized carbons (Fsp3) is 0.422. The summed E-state index contributed by atoms with van der Waals surface area (Å²) in [5.74, 6) is -8.06. The average Bonchev–Trinajstić information content (AvgIpc) is 3.49. The summed E-state index contributed by atoms with van der Waals surface area (Å²) in [7, 11) is 2.94. The number of benzene rings is 3. The number of anilines is 1. The van der Waals surface area contributed by atoms with Gasteiger partial charge in [-0.3, -0.25) is 19.4 Å². The molecule has 15 nitrogen and oxygen atoms in total. The van der Waals surface area contributed by atoms with Crippen molar-refractivity contribution in [2.75, 3.05) is 19.5 Å². The van der Waals surface area contributed by atoms with Crippen molar-refractivity contribution in [2.24, 2.45) is 28.7 Å². The number of carbonyl (C=O) groups excluding carboxylic acids is 3. The van der Waals surface area contributed by atoms with Gasteiger partial charge >= 0.3 is 11.8 Å². The van der Waals surface area contributed by atoms with Gasteiger partial charge in [-0.15, -0.1) is 0 Å². The van der Waals surface area contributed by atoms with E-state index < -0.39 is 88.8 Å². The van der Waals surface area contributed by atoms with E-state index >= 15 is 0 Å². The van der Waals surface area contributed by atoms with Gasteiger partial charge in [-0.05, 0) is 44.2 Å². The van der Waals surface area contributed by atoms with Crippen LogP contribution in [-0.4, -0.2) is 93.8 Å². The summed E-state index contributed by atoms with van der Waals surface area (Å²) in [5.41, 5.74) is -0.141. The molecule has 0 radical (unpaired) electrons. The van der Waals surface area contributed by atoms with Gasteiger partial charge in [-0.2, -0.15) is 0 Å². The molecule has 0 fully saturated rings. The molecule has 9 atom stereocenters. The molecule has 60 heavy (non-hydrogen) atoms. The molecule has 15 heteroatoms. The molecule has 3 aliphatic rings. The molecular weight excluding hydrogens is 776 g/mol. The van der Waals surface area contributed by atoms with Crippen LogP contribution in [0.15, 0.2) is 65.4 Å². The van der Waals surface area contributed by atoms with Crippen LogP contribution in [0.2, 0.25) is 0 Å². The molecule has 0 unspecified atom stereocenters. The van der Waals surface area contributed by atoms with Crippen LogP contribution in [-0.2, 0) is 23.8 Å². The van der Waals surface area contributed by atoms with E-state index in [1.165, 1.54) is 66.5 Å². The first kappa shape index (κ1) is 45.2. The molecule has 0 saturated carbocycles. The number of aliphatic hydroxyl groups excluding tert-OH is 2. The van der Waals surface area contributed by atoms with Gasteiger partial charge in [0, 0.05) is 67.4 Å². The minimum Gasteiger partial charge on any atom is -0.507 e. The van der Waals surface area contributed by atoms with Crippen LogP contribution in [0.25, 0.3) is 10.8 Å². The van der Waals surface area contributed by atoms with Crippen molar-refractivity contribution in [2.45, 2.75) is 85.6 Å². The standard InChI is InChI=1S/C45H54N2O13/c1-21-12-11-13-22(2)44(55)47-35-30(20-46-28-14-16-29(56-9)17-15-28)39(52)32-33(40(35)53)38(51)26(6)42-34(32)43(54)45(8,60-42)58-19-18-31(57-10)23(3)41(59-27(7)48)25(5)37(50)24(4)36(21)49/h11-21,23-25,31,36-37,41,49-53H,1-10H3,(H,47,55)/b12-11+,19-18+,22-13-,46-20?/t21-,23-,24+,25-,31-,36-,37+,41+,45-/m0/s1. The molecule has 3 heterocycles. The lowest BCUT2D eigenvalue weighted by Gasteiger charge is -2.38. The predicted octanol–water partition coefficient (Wildman–Crippen LogP) is 6.51. The third-order valence-electron chi connectivity index (χ3n) is 11.4. The number of amides is 1. The zero-order chi connectivity index (χ0) is 44.4. The summed E-state index contributed by atoms with van der Waals surface area (Å²) < 4.78 is 28.8. The first-order valence-corrected chi connectivity index (χ1v) is 19.5. The number of fused-ring (bicyclic) bond motifs is 14. The summed E-state index contributed by atoms with van der Waals surface area (Å²) in [4.78, 5) is 45.0. The SMILES string of the molecule is COc1ccc(N=Cc2c3c(O)c4c(O)c(C)c5c(c4c2O)C(=O)[C@@](C)(O/C=C/[C@H](OC)[C@H](C)[C@@H](OC(C)=O)[C@@H](C)[C@H](O)[C@H](C)[C@@H](O)[C@@H](C)/C=C/C=C(/C)C(=O)N3)O5)cc1. The van der Waals surface area contributed by atoms with E-state index in [1.54, 1.807) is 64.1 Å². The Kier molecular flexibility index (Phi) is 13.7. The number of nitrogens with one attached hydrogen (secondary N) is 1. The maximum atomic E-state index is 14.4. The molecule has 6 N–H and O–H groups in total. The van der Waals surface area contributed by atoms with Crippen LogP contribution >= 0.6 is 0 Å². The van der Waals surface area contributed by atoms with E-state index in [-0.39, 0.29) is 44.5 Å². The monoisotopic (exact) mass is 830 g/mol. The maximum absolute atomic E-state index is 14.4. The van der Waals surface area contributed by atoms with Crippen molar-refractivity contribution in [1.29, 1.82) is 0 Å². The molecule has 0 aliphatic carbocycles. The number of hydrogen-bond acceptors (Lipinski definition) is 14. The minimum atomic E-state index is -2.07. The predicted molar refractivity (Wildman–Crippen MR) is 224 cm³/mol. The molecule has 0 spiro atoms. The number of ether oxygens (including phenoxy) is 5. The number of phenolic OH excluding ortho intramolecular Hbond substituents is 3. The normalized spacial score (nSPS) is 29.7. The Morgan fingerprint density at radius 2 is 1.57 bits per heavy atom. The lowest BCUT2D eigenvalue weighted by molar-refractivity contribution is -0.160. The fourth-order valence-corrected chi connectivity index (χ4v) is 7.68. The summed E-state index contributed by atoms with van der Waals surface area (Å²) in [6.07, 6.45) is 4.64. The number of phenols is 3. The highest BCUT2D eigenvalue weighted by Gasteiger charge is 2.50. The van der Waals surface area contributed by atoms with E-state index in [2.05, 4.69) is 10.3 Å². The number of allylic oxidation sites excluding steroid dienone is 2.